The zero-order chi connectivity index (χ0) is 31.5. The number of rotatable bonds is 14. The molecular weight excluding hydrogens is 662 g/mol. The van der Waals surface area contributed by atoms with Gasteiger partial charge in [-0.05, 0) is 53.9 Å². The topological polar surface area (TPSA) is 86.8 Å². The van der Waals surface area contributed by atoms with E-state index in [9.17, 15) is 18.0 Å². The van der Waals surface area contributed by atoms with Crippen molar-refractivity contribution in [3.8, 4) is 0 Å². The Morgan fingerprint density at radius 1 is 0.886 bits per heavy atom. The maximum atomic E-state index is 14.5. The second kappa shape index (κ2) is 15.9. The van der Waals surface area contributed by atoms with Crippen LogP contribution in [0.5, 0.6) is 0 Å². The fourth-order valence-corrected chi connectivity index (χ4v) is 6.76. The number of sulfonamides is 1. The molecule has 4 rings (SSSR count). The lowest BCUT2D eigenvalue weighted by Crippen LogP contribution is -2.53. The van der Waals surface area contributed by atoms with Gasteiger partial charge in [0, 0.05) is 29.0 Å². The summed E-state index contributed by atoms with van der Waals surface area (Å²) in [5, 5.41) is 3.43. The number of benzene rings is 4. The number of unbranched alkanes of at least 4 members (excludes halogenated alkanes) is 1. The van der Waals surface area contributed by atoms with Crippen molar-refractivity contribution in [1.29, 1.82) is 0 Å². The first-order chi connectivity index (χ1) is 21.2. The van der Waals surface area contributed by atoms with Crippen molar-refractivity contribution in [2.45, 2.75) is 43.7 Å². The number of halogens is 2. The molecule has 2 amide bonds. The number of carbonyl (C=O) groups excluding carboxylic acids is 2. The van der Waals surface area contributed by atoms with E-state index in [-0.39, 0.29) is 23.8 Å². The lowest BCUT2D eigenvalue weighted by molar-refractivity contribution is -0.140. The summed E-state index contributed by atoms with van der Waals surface area (Å²) in [5.41, 5.74) is 1.81. The van der Waals surface area contributed by atoms with Gasteiger partial charge in [-0.1, -0.05) is 114 Å². The van der Waals surface area contributed by atoms with Gasteiger partial charge in [0.25, 0.3) is 10.0 Å². The lowest BCUT2D eigenvalue weighted by Gasteiger charge is -2.34. The van der Waals surface area contributed by atoms with E-state index < -0.39 is 28.5 Å². The van der Waals surface area contributed by atoms with Crippen molar-refractivity contribution >= 4 is 55.1 Å². The third-order valence-corrected chi connectivity index (χ3v) is 9.76. The number of anilines is 1. The summed E-state index contributed by atoms with van der Waals surface area (Å²) < 4.78 is 29.8. The van der Waals surface area contributed by atoms with Gasteiger partial charge in [0.1, 0.15) is 12.6 Å². The van der Waals surface area contributed by atoms with Crippen molar-refractivity contribution in [2.24, 2.45) is 0 Å². The van der Waals surface area contributed by atoms with Crippen LogP contribution in [0.3, 0.4) is 0 Å². The Labute approximate surface area is 273 Å². The van der Waals surface area contributed by atoms with Gasteiger partial charge in [0.05, 0.1) is 10.6 Å². The van der Waals surface area contributed by atoms with Crippen molar-refractivity contribution < 1.29 is 18.0 Å². The summed E-state index contributed by atoms with van der Waals surface area (Å²) in [6, 6.07) is 30.4. The molecule has 0 aliphatic heterocycles. The van der Waals surface area contributed by atoms with Gasteiger partial charge < -0.3 is 10.2 Å². The zero-order valence-electron chi connectivity index (χ0n) is 24.4. The molecule has 0 aliphatic rings. The van der Waals surface area contributed by atoms with Gasteiger partial charge in [0.2, 0.25) is 11.8 Å². The van der Waals surface area contributed by atoms with Crippen molar-refractivity contribution in [2.75, 3.05) is 17.4 Å². The van der Waals surface area contributed by atoms with Crippen LogP contribution in [0.1, 0.15) is 30.9 Å². The molecule has 1 N–H and O–H groups in total. The molecular formula is C34H35BrClN3O4S. The highest BCUT2D eigenvalue weighted by Gasteiger charge is 2.34. The third kappa shape index (κ3) is 8.71. The first kappa shape index (κ1) is 33.2. The molecule has 0 bridgehead atoms. The molecule has 44 heavy (non-hydrogen) atoms. The molecule has 0 radical (unpaired) electrons. The smallest absolute Gasteiger partial charge is 0.264 e. The summed E-state index contributed by atoms with van der Waals surface area (Å²) in [7, 11) is -4.16. The van der Waals surface area contributed by atoms with Gasteiger partial charge >= 0.3 is 0 Å². The highest BCUT2D eigenvalue weighted by Crippen LogP contribution is 2.28. The molecule has 230 valence electrons. The van der Waals surface area contributed by atoms with E-state index in [1.165, 1.54) is 17.0 Å². The van der Waals surface area contributed by atoms with E-state index in [4.69, 9.17) is 11.6 Å². The van der Waals surface area contributed by atoms with Crippen LogP contribution in [-0.2, 0) is 32.6 Å². The molecule has 0 fully saturated rings. The summed E-state index contributed by atoms with van der Waals surface area (Å²) in [6.45, 7) is 1.96. The van der Waals surface area contributed by atoms with Crippen molar-refractivity contribution in [3.63, 3.8) is 0 Å². The number of hydrogen-bond donors (Lipinski definition) is 1. The summed E-state index contributed by atoms with van der Waals surface area (Å²) >= 11 is 9.97. The average molecular weight is 697 g/mol. The van der Waals surface area contributed by atoms with E-state index in [0.29, 0.717) is 27.3 Å². The van der Waals surface area contributed by atoms with E-state index >= 15 is 0 Å². The summed E-state index contributed by atoms with van der Waals surface area (Å²) in [4.78, 5) is 29.7. The van der Waals surface area contributed by atoms with Gasteiger partial charge in [-0.3, -0.25) is 13.9 Å². The van der Waals surface area contributed by atoms with E-state index in [2.05, 4.69) is 21.2 Å². The Hall–Kier alpha value is -3.66. The average Bonchev–Trinajstić information content (AvgIpc) is 3.03. The monoisotopic (exact) mass is 695 g/mol. The third-order valence-electron chi connectivity index (χ3n) is 7.11. The van der Waals surface area contributed by atoms with Crippen LogP contribution >= 0.6 is 27.5 Å². The van der Waals surface area contributed by atoms with E-state index in [0.717, 1.165) is 22.7 Å². The number of nitrogens with zero attached hydrogens (tertiary/aromatic N) is 2. The molecule has 4 aromatic carbocycles. The van der Waals surface area contributed by atoms with Crippen LogP contribution in [-0.4, -0.2) is 44.3 Å². The molecule has 7 nitrogen and oxygen atoms in total. The molecule has 4 aromatic rings. The highest BCUT2D eigenvalue weighted by molar-refractivity contribution is 9.10. The fraction of sp³-hybridized carbons (Fsp3) is 0.235. The highest BCUT2D eigenvalue weighted by atomic mass is 79.9. The summed E-state index contributed by atoms with van der Waals surface area (Å²) in [6.07, 6.45) is 1.91. The fourth-order valence-electron chi connectivity index (χ4n) is 4.75. The Balaban J connectivity index is 1.79. The number of hydrogen-bond acceptors (Lipinski definition) is 4. The van der Waals surface area contributed by atoms with E-state index in [1.54, 1.807) is 60.7 Å². The maximum absolute atomic E-state index is 14.5. The normalized spacial score (nSPS) is 11.9. The van der Waals surface area contributed by atoms with E-state index in [1.807, 2.05) is 43.3 Å². The molecule has 1 unspecified atom stereocenters. The van der Waals surface area contributed by atoms with Crippen LogP contribution in [0.15, 0.2) is 119 Å². The first-order valence-electron chi connectivity index (χ1n) is 14.4. The predicted octanol–water partition coefficient (Wildman–Crippen LogP) is 6.85. The van der Waals surface area contributed by atoms with Gasteiger partial charge in [0.15, 0.2) is 0 Å². The van der Waals surface area contributed by atoms with Crippen molar-refractivity contribution in [3.05, 3.63) is 130 Å². The van der Waals surface area contributed by atoms with Crippen LogP contribution < -0.4 is 9.62 Å². The van der Waals surface area contributed by atoms with Crippen LogP contribution in [0.25, 0.3) is 0 Å². The molecule has 10 heteroatoms. The molecule has 0 spiro atoms. The van der Waals surface area contributed by atoms with Crippen LogP contribution in [0, 0.1) is 0 Å². The quantitative estimate of drug-likeness (QED) is 0.146. The maximum Gasteiger partial charge on any atom is 0.264 e. The first-order valence-corrected chi connectivity index (χ1v) is 17.0. The Bertz CT molecular complexity index is 1660. The molecule has 0 saturated heterocycles. The number of nitrogens with one attached hydrogen (secondary N) is 1. The predicted molar refractivity (Wildman–Crippen MR) is 179 cm³/mol. The molecule has 0 saturated carbocycles. The van der Waals surface area contributed by atoms with Gasteiger partial charge in [-0.2, -0.15) is 0 Å². The second-order valence-corrected chi connectivity index (χ2v) is 13.5. The SMILES string of the molecule is CCCCNC(=O)C(Cc1ccccc1)N(Cc1ccccc1Cl)C(=O)CN(c1cccc(Br)c1)S(=O)(=O)c1ccccc1. The van der Waals surface area contributed by atoms with Crippen molar-refractivity contribution in [1.82, 2.24) is 10.2 Å². The lowest BCUT2D eigenvalue weighted by atomic mass is 10.0. The molecule has 0 heterocycles. The minimum absolute atomic E-state index is 0.00884. The summed E-state index contributed by atoms with van der Waals surface area (Å²) in [5.74, 6) is -0.862. The number of carbonyl (C=O) groups is 2. The second-order valence-electron chi connectivity index (χ2n) is 10.3. The molecule has 0 aromatic heterocycles. The molecule has 0 aliphatic carbocycles. The standard InChI is InChI=1S/C34H35BrClN3O4S/c1-2-3-21-37-34(41)32(22-26-13-6-4-7-14-26)38(24-27-15-10-11-20-31(27)36)33(40)25-39(29-17-12-16-28(35)23-29)44(42,43)30-18-8-5-9-19-30/h4-20,23,32H,2-3,21-22,24-25H2,1H3,(H,37,41). The number of amides is 2. The van der Waals surface area contributed by atoms with Gasteiger partial charge in [-0.25, -0.2) is 8.42 Å². The molecule has 1 atom stereocenters. The van der Waals surface area contributed by atoms with Crippen LogP contribution in [0.4, 0.5) is 5.69 Å². The minimum Gasteiger partial charge on any atom is -0.354 e. The van der Waals surface area contributed by atoms with Gasteiger partial charge in [-0.15, -0.1) is 0 Å². The Kier molecular flexibility index (Phi) is 12.0. The van der Waals surface area contributed by atoms with Crippen LogP contribution in [0.2, 0.25) is 5.02 Å². The largest absolute Gasteiger partial charge is 0.354 e. The zero-order valence-corrected chi connectivity index (χ0v) is 27.6. The Morgan fingerprint density at radius 2 is 1.55 bits per heavy atom. The minimum atomic E-state index is -4.16. The Morgan fingerprint density at radius 3 is 2.20 bits per heavy atom.